The van der Waals surface area contributed by atoms with E-state index in [1.165, 1.54) is 0 Å². The van der Waals surface area contributed by atoms with Crippen LogP contribution in [-0.2, 0) is 20.9 Å². The molecular formula is C25H25N3O6. The summed E-state index contributed by atoms with van der Waals surface area (Å²) in [6, 6.07) is 15.7. The fourth-order valence-electron chi connectivity index (χ4n) is 4.39. The van der Waals surface area contributed by atoms with Gasteiger partial charge in [0.25, 0.3) is 17.7 Å². The number of hydrogen-bond acceptors (Lipinski definition) is 6. The van der Waals surface area contributed by atoms with Crippen LogP contribution in [0, 0.1) is 0 Å². The molecule has 2 aromatic carbocycles. The van der Waals surface area contributed by atoms with Crippen LogP contribution < -0.4 is 10.6 Å². The van der Waals surface area contributed by atoms with Crippen molar-refractivity contribution in [2.75, 3.05) is 6.54 Å². The minimum atomic E-state index is -1.45. The molecule has 4 rings (SSSR count). The third-order valence-electron chi connectivity index (χ3n) is 6.16. The number of alkyl carbamates (subject to hydrolysis) is 1. The van der Waals surface area contributed by atoms with E-state index in [4.69, 9.17) is 4.74 Å². The Morgan fingerprint density at radius 3 is 2.24 bits per heavy atom. The first-order valence-corrected chi connectivity index (χ1v) is 11.2. The van der Waals surface area contributed by atoms with E-state index >= 15 is 0 Å². The van der Waals surface area contributed by atoms with Gasteiger partial charge in [-0.2, -0.15) is 0 Å². The Morgan fingerprint density at radius 2 is 1.59 bits per heavy atom. The summed E-state index contributed by atoms with van der Waals surface area (Å²) in [4.78, 5) is 63.9. The molecule has 2 heterocycles. The average Bonchev–Trinajstić information content (AvgIpc) is 3.10. The lowest BCUT2D eigenvalue weighted by Gasteiger charge is -2.41. The van der Waals surface area contributed by atoms with E-state index in [1.807, 2.05) is 30.3 Å². The van der Waals surface area contributed by atoms with Gasteiger partial charge in [0.15, 0.2) is 0 Å². The van der Waals surface area contributed by atoms with Crippen molar-refractivity contribution in [3.63, 3.8) is 0 Å². The van der Waals surface area contributed by atoms with Crippen LogP contribution in [0.15, 0.2) is 54.6 Å². The molecule has 2 aliphatic heterocycles. The van der Waals surface area contributed by atoms with Crippen LogP contribution in [0.2, 0.25) is 0 Å². The molecule has 5 amide bonds. The van der Waals surface area contributed by atoms with Gasteiger partial charge in [-0.3, -0.25) is 29.4 Å². The van der Waals surface area contributed by atoms with Gasteiger partial charge in [-0.1, -0.05) is 42.5 Å². The van der Waals surface area contributed by atoms with Gasteiger partial charge >= 0.3 is 6.09 Å². The number of unbranched alkanes of at least 4 members (excludes halogenated alkanes) is 1. The van der Waals surface area contributed by atoms with Crippen LogP contribution in [0.5, 0.6) is 0 Å². The van der Waals surface area contributed by atoms with Gasteiger partial charge in [0.2, 0.25) is 5.91 Å². The molecule has 0 aliphatic carbocycles. The highest BCUT2D eigenvalue weighted by Crippen LogP contribution is 2.37. The number of rotatable bonds is 8. The normalized spacial score (nSPS) is 19.6. The molecule has 2 N–H and O–H groups in total. The summed E-state index contributed by atoms with van der Waals surface area (Å²) in [6.45, 7) is 0.454. The summed E-state index contributed by atoms with van der Waals surface area (Å²) in [6.07, 6.45) is 0.650. The molecule has 2 aromatic rings. The highest BCUT2D eigenvalue weighted by atomic mass is 16.5. The largest absolute Gasteiger partial charge is 0.445 e. The number of fused-ring (bicyclic) bond motifs is 1. The van der Waals surface area contributed by atoms with E-state index in [0.29, 0.717) is 19.4 Å². The van der Waals surface area contributed by atoms with Crippen LogP contribution in [0.3, 0.4) is 0 Å². The standard InChI is InChI=1S/C25H25N3O6/c29-20-12-14-25(23(32)27-20,28-21(30)18-10-4-5-11-19(18)22(28)31)13-6-7-15-26-24(33)34-16-17-8-2-1-3-9-17/h1-5,8-11H,6-7,12-16H2,(H,26,33)(H,27,29,32). The van der Waals surface area contributed by atoms with Gasteiger partial charge in [-0.15, -0.1) is 0 Å². The molecule has 1 unspecified atom stereocenters. The first-order chi connectivity index (χ1) is 16.4. The quantitative estimate of drug-likeness (QED) is 0.458. The first-order valence-electron chi connectivity index (χ1n) is 11.2. The molecule has 1 fully saturated rings. The maximum absolute atomic E-state index is 13.1. The number of imide groups is 2. The molecule has 176 valence electrons. The Kier molecular flexibility index (Phi) is 6.72. The van der Waals surface area contributed by atoms with Gasteiger partial charge in [-0.25, -0.2) is 4.79 Å². The van der Waals surface area contributed by atoms with E-state index in [0.717, 1.165) is 10.5 Å². The summed E-state index contributed by atoms with van der Waals surface area (Å²) in [5.41, 5.74) is -0.0771. The van der Waals surface area contributed by atoms with Crippen LogP contribution in [0.25, 0.3) is 0 Å². The number of hydrogen-bond donors (Lipinski definition) is 2. The van der Waals surface area contributed by atoms with Crippen molar-refractivity contribution >= 4 is 29.7 Å². The Balaban J connectivity index is 1.36. The number of nitrogens with zero attached hydrogens (tertiary/aromatic N) is 1. The lowest BCUT2D eigenvalue weighted by Crippen LogP contribution is -2.64. The minimum Gasteiger partial charge on any atom is -0.445 e. The number of carbonyl (C=O) groups excluding carboxylic acids is 5. The minimum absolute atomic E-state index is 0.0310. The topological polar surface area (TPSA) is 122 Å². The molecule has 1 saturated heterocycles. The molecule has 0 radical (unpaired) electrons. The van der Waals surface area contributed by atoms with Crippen LogP contribution in [0.1, 0.15) is 58.4 Å². The lowest BCUT2D eigenvalue weighted by atomic mass is 9.82. The number of carbonyl (C=O) groups is 5. The Bertz CT molecular complexity index is 1100. The lowest BCUT2D eigenvalue weighted by molar-refractivity contribution is -0.142. The SMILES string of the molecule is O=C1CCC(CCCCNC(=O)OCc2ccccc2)(N2C(=O)c3ccccc3C2=O)C(=O)N1. The second-order valence-corrected chi connectivity index (χ2v) is 8.35. The molecule has 9 heteroatoms. The monoisotopic (exact) mass is 463 g/mol. The molecule has 9 nitrogen and oxygen atoms in total. The zero-order valence-corrected chi connectivity index (χ0v) is 18.5. The molecule has 2 aliphatic rings. The van der Waals surface area contributed by atoms with Gasteiger partial charge in [-0.05, 0) is 43.4 Å². The van der Waals surface area contributed by atoms with Gasteiger partial charge in [0.1, 0.15) is 12.1 Å². The zero-order chi connectivity index (χ0) is 24.1. The van der Waals surface area contributed by atoms with Crippen LogP contribution in [0.4, 0.5) is 4.79 Å². The molecule has 34 heavy (non-hydrogen) atoms. The van der Waals surface area contributed by atoms with Crippen molar-refractivity contribution in [3.05, 3.63) is 71.3 Å². The second-order valence-electron chi connectivity index (χ2n) is 8.35. The van der Waals surface area contributed by atoms with Crippen LogP contribution >= 0.6 is 0 Å². The number of ether oxygens (including phenoxy) is 1. The van der Waals surface area contributed by atoms with Gasteiger partial charge < -0.3 is 10.1 Å². The number of amides is 5. The fourth-order valence-corrected chi connectivity index (χ4v) is 4.39. The molecule has 0 aromatic heterocycles. The molecule has 1 atom stereocenters. The molecule has 0 bridgehead atoms. The predicted octanol–water partition coefficient (Wildman–Crippen LogP) is 2.55. The highest BCUT2D eigenvalue weighted by molar-refractivity contribution is 6.24. The summed E-state index contributed by atoms with van der Waals surface area (Å²) < 4.78 is 5.17. The van der Waals surface area contributed by atoms with E-state index in [1.54, 1.807) is 24.3 Å². The van der Waals surface area contributed by atoms with Crippen molar-refractivity contribution in [2.24, 2.45) is 0 Å². The van der Waals surface area contributed by atoms with Gasteiger partial charge in [0.05, 0.1) is 11.1 Å². The first kappa shape index (κ1) is 23.2. The molecule has 0 spiro atoms. The number of piperidine rings is 1. The second kappa shape index (κ2) is 9.86. The Labute approximate surface area is 196 Å². The van der Waals surface area contributed by atoms with Crippen molar-refractivity contribution in [3.8, 4) is 0 Å². The van der Waals surface area contributed by atoms with Crippen molar-refractivity contribution in [2.45, 2.75) is 44.2 Å². The number of nitrogens with one attached hydrogen (secondary N) is 2. The highest BCUT2D eigenvalue weighted by Gasteiger charge is 2.54. The summed E-state index contributed by atoms with van der Waals surface area (Å²) in [5, 5.41) is 4.95. The Hall–Kier alpha value is -4.01. The summed E-state index contributed by atoms with van der Waals surface area (Å²) in [7, 11) is 0. The summed E-state index contributed by atoms with van der Waals surface area (Å²) >= 11 is 0. The Morgan fingerprint density at radius 1 is 0.941 bits per heavy atom. The average molecular weight is 463 g/mol. The third kappa shape index (κ3) is 4.54. The summed E-state index contributed by atoms with van der Waals surface area (Å²) in [5.74, 6) is -2.14. The van der Waals surface area contributed by atoms with Crippen molar-refractivity contribution in [1.82, 2.24) is 15.5 Å². The van der Waals surface area contributed by atoms with Gasteiger partial charge in [0, 0.05) is 13.0 Å². The predicted molar refractivity (Wildman–Crippen MR) is 121 cm³/mol. The third-order valence-corrected chi connectivity index (χ3v) is 6.16. The number of benzene rings is 2. The van der Waals surface area contributed by atoms with E-state index in [2.05, 4.69) is 10.6 Å². The zero-order valence-electron chi connectivity index (χ0n) is 18.5. The van der Waals surface area contributed by atoms with Crippen molar-refractivity contribution < 1.29 is 28.7 Å². The van der Waals surface area contributed by atoms with E-state index in [9.17, 15) is 24.0 Å². The van der Waals surface area contributed by atoms with E-state index < -0.39 is 35.3 Å². The smallest absolute Gasteiger partial charge is 0.407 e. The molecular weight excluding hydrogens is 438 g/mol. The van der Waals surface area contributed by atoms with Crippen LogP contribution in [-0.4, -0.2) is 46.7 Å². The van der Waals surface area contributed by atoms with E-state index in [-0.39, 0.29) is 37.0 Å². The maximum Gasteiger partial charge on any atom is 0.407 e. The maximum atomic E-state index is 13.1. The van der Waals surface area contributed by atoms with Crippen molar-refractivity contribution in [1.29, 1.82) is 0 Å². The molecule has 0 saturated carbocycles. The fraction of sp³-hybridized carbons (Fsp3) is 0.320.